The quantitative estimate of drug-likeness (QED) is 0.353. The maximum atomic E-state index is 11.3. The smallest absolute Gasteiger partial charge is 0.335 e. The molecule has 33 heavy (non-hydrogen) atoms. The zero-order valence-corrected chi connectivity index (χ0v) is 18.9. The van der Waals surface area contributed by atoms with Crippen LogP contribution in [0.25, 0.3) is 10.2 Å². The summed E-state index contributed by atoms with van der Waals surface area (Å²) in [6.45, 7) is 1.86. The number of benzene rings is 1. The van der Waals surface area contributed by atoms with Gasteiger partial charge in [0.05, 0.1) is 15.8 Å². The Bertz CT molecular complexity index is 1190. The largest absolute Gasteiger partial charge is 0.478 e. The number of hydrogen-bond donors (Lipinski definition) is 5. The summed E-state index contributed by atoms with van der Waals surface area (Å²) in [4.78, 5) is 29.7. The summed E-state index contributed by atoms with van der Waals surface area (Å²) in [7, 11) is 0. The second-order valence-electron chi connectivity index (χ2n) is 9.20. The first-order valence-corrected chi connectivity index (χ1v) is 12.3. The predicted octanol–water partition coefficient (Wildman–Crippen LogP) is 3.30. The van der Waals surface area contributed by atoms with Gasteiger partial charge in [0, 0.05) is 18.6 Å². The van der Waals surface area contributed by atoms with E-state index in [9.17, 15) is 9.90 Å². The number of fused-ring (bicyclic) bond motifs is 3. The van der Waals surface area contributed by atoms with Crippen LogP contribution in [0.1, 0.15) is 42.5 Å². The van der Waals surface area contributed by atoms with E-state index in [1.165, 1.54) is 37.0 Å². The average Bonchev–Trinajstić information content (AvgIpc) is 3.58. The minimum atomic E-state index is -0.953. The van der Waals surface area contributed by atoms with Crippen LogP contribution in [0.4, 0.5) is 23.0 Å². The van der Waals surface area contributed by atoms with Crippen LogP contribution in [0.15, 0.2) is 18.2 Å². The van der Waals surface area contributed by atoms with Gasteiger partial charge in [0.2, 0.25) is 17.8 Å². The molecule has 4 unspecified atom stereocenters. The third-order valence-corrected chi connectivity index (χ3v) is 7.87. The van der Waals surface area contributed by atoms with Crippen molar-refractivity contribution in [3.63, 3.8) is 0 Å². The van der Waals surface area contributed by atoms with Crippen molar-refractivity contribution in [2.24, 2.45) is 11.8 Å². The van der Waals surface area contributed by atoms with E-state index >= 15 is 0 Å². The highest BCUT2D eigenvalue weighted by atomic mass is 32.1. The van der Waals surface area contributed by atoms with Gasteiger partial charge in [-0.15, -0.1) is 0 Å². The molecule has 3 fully saturated rings. The van der Waals surface area contributed by atoms with E-state index in [0.29, 0.717) is 34.9 Å². The second kappa shape index (κ2) is 8.38. The molecule has 1 aliphatic heterocycles. The van der Waals surface area contributed by atoms with Crippen LogP contribution in [0, 0.1) is 11.8 Å². The van der Waals surface area contributed by atoms with E-state index in [0.717, 1.165) is 35.6 Å². The first-order chi connectivity index (χ1) is 16.1. The normalized spacial score (nSPS) is 26.1. The van der Waals surface area contributed by atoms with Crippen molar-refractivity contribution in [3.05, 3.63) is 23.8 Å². The summed E-state index contributed by atoms with van der Waals surface area (Å²) in [5.41, 5.74) is 0.976. The lowest BCUT2D eigenvalue weighted by Crippen LogP contribution is -2.28. The molecule has 2 aliphatic carbocycles. The van der Waals surface area contributed by atoms with Crippen molar-refractivity contribution in [1.82, 2.24) is 25.3 Å². The predicted molar refractivity (Wildman–Crippen MR) is 127 cm³/mol. The van der Waals surface area contributed by atoms with E-state index in [1.54, 1.807) is 18.2 Å². The molecule has 172 valence electrons. The lowest BCUT2D eigenvalue weighted by atomic mass is 9.95. The van der Waals surface area contributed by atoms with Crippen molar-refractivity contribution >= 4 is 50.5 Å². The summed E-state index contributed by atoms with van der Waals surface area (Å²) >= 11 is 1.37. The van der Waals surface area contributed by atoms with Crippen molar-refractivity contribution < 1.29 is 9.90 Å². The highest BCUT2D eigenvalue weighted by Crippen LogP contribution is 2.45. The van der Waals surface area contributed by atoms with E-state index in [2.05, 4.69) is 41.2 Å². The number of nitrogens with zero attached hydrogens (tertiary/aromatic N) is 4. The molecule has 5 N–H and O–H groups in total. The fourth-order valence-electron chi connectivity index (χ4n) is 5.32. The molecule has 10 nitrogen and oxygen atoms in total. The first kappa shape index (κ1) is 20.5. The number of carboxylic acid groups (broad SMARTS) is 1. The van der Waals surface area contributed by atoms with Crippen LogP contribution in [0.3, 0.4) is 0 Å². The topological polar surface area (TPSA) is 137 Å². The molecular weight excluding hydrogens is 440 g/mol. The molecule has 2 saturated carbocycles. The third-order valence-electron chi connectivity index (χ3n) is 6.94. The number of carboxylic acids is 1. The zero-order chi connectivity index (χ0) is 22.4. The number of aromatic carboxylic acids is 1. The van der Waals surface area contributed by atoms with Gasteiger partial charge in [0.15, 0.2) is 5.13 Å². The van der Waals surface area contributed by atoms with Gasteiger partial charge in [-0.1, -0.05) is 17.8 Å². The molecule has 0 radical (unpaired) electrons. The Kier molecular flexibility index (Phi) is 5.22. The summed E-state index contributed by atoms with van der Waals surface area (Å²) < 4.78 is 0.794. The lowest BCUT2D eigenvalue weighted by molar-refractivity contribution is 0.0697. The van der Waals surface area contributed by atoms with Crippen LogP contribution in [0.5, 0.6) is 0 Å². The molecule has 2 bridgehead atoms. The third kappa shape index (κ3) is 4.30. The van der Waals surface area contributed by atoms with Crippen LogP contribution in [0.2, 0.25) is 0 Å². The minimum Gasteiger partial charge on any atom is -0.478 e. The summed E-state index contributed by atoms with van der Waals surface area (Å²) in [5.74, 6) is 2.11. The molecule has 3 aliphatic rings. The van der Waals surface area contributed by atoms with Gasteiger partial charge < -0.3 is 21.1 Å². The Hall–Kier alpha value is -3.05. The molecule has 11 heteroatoms. The van der Waals surface area contributed by atoms with Crippen molar-refractivity contribution in [2.75, 3.05) is 29.0 Å². The summed E-state index contributed by atoms with van der Waals surface area (Å²) in [6, 6.07) is 5.61. The van der Waals surface area contributed by atoms with Crippen molar-refractivity contribution in [1.29, 1.82) is 0 Å². The number of anilines is 4. The van der Waals surface area contributed by atoms with Gasteiger partial charge >= 0.3 is 5.97 Å². The van der Waals surface area contributed by atoms with Crippen LogP contribution in [-0.2, 0) is 0 Å². The standard InChI is InChI=1S/C22H26N8O2S/c31-18(32)13-3-4-15-17(9-13)33-22(26-15)30-21-28-19(24-14-5-6-23-10-14)27-20(29-21)25-16-8-11-1-2-12(16)7-11/h3-4,9,11-12,14,16,23H,1-2,5-8,10H2,(H,31,32)(H3,24,25,26,27,28,29,30). The van der Waals surface area contributed by atoms with Crippen LogP contribution in [-0.4, -0.2) is 56.2 Å². The molecular formula is C22H26N8O2S. The highest BCUT2D eigenvalue weighted by molar-refractivity contribution is 7.22. The Morgan fingerprint density at radius 1 is 1.03 bits per heavy atom. The SMILES string of the molecule is O=C(O)c1ccc2nc(Nc3nc(NC4CCNC4)nc(NC4CC5CCC4C5)n3)sc2c1. The average molecular weight is 467 g/mol. The summed E-state index contributed by atoms with van der Waals surface area (Å²) in [6.07, 6.45) is 6.12. The Morgan fingerprint density at radius 2 is 1.88 bits per heavy atom. The molecule has 6 rings (SSSR count). The maximum absolute atomic E-state index is 11.3. The van der Waals surface area contributed by atoms with Crippen LogP contribution >= 0.6 is 11.3 Å². The molecule has 1 aromatic carbocycles. The van der Waals surface area contributed by atoms with Gasteiger partial charge in [0.25, 0.3) is 0 Å². The molecule has 3 aromatic rings. The van der Waals surface area contributed by atoms with Gasteiger partial charge in [0.1, 0.15) is 0 Å². The van der Waals surface area contributed by atoms with E-state index in [1.807, 2.05) is 0 Å². The zero-order valence-electron chi connectivity index (χ0n) is 18.0. The maximum Gasteiger partial charge on any atom is 0.335 e. The Morgan fingerprint density at radius 3 is 2.61 bits per heavy atom. The number of thiazole rings is 1. The van der Waals surface area contributed by atoms with Gasteiger partial charge in [-0.25, -0.2) is 9.78 Å². The van der Waals surface area contributed by atoms with Gasteiger partial charge in [-0.3, -0.25) is 5.32 Å². The molecule has 1 saturated heterocycles. The number of aromatic nitrogens is 4. The first-order valence-electron chi connectivity index (χ1n) is 11.5. The van der Waals surface area contributed by atoms with E-state index in [-0.39, 0.29) is 11.6 Å². The van der Waals surface area contributed by atoms with Crippen molar-refractivity contribution in [3.8, 4) is 0 Å². The lowest BCUT2D eigenvalue weighted by Gasteiger charge is -2.23. The fourth-order valence-corrected chi connectivity index (χ4v) is 6.21. The Labute approximate surface area is 194 Å². The van der Waals surface area contributed by atoms with E-state index < -0.39 is 5.97 Å². The number of nitrogens with one attached hydrogen (secondary N) is 4. The minimum absolute atomic E-state index is 0.242. The number of hydrogen-bond acceptors (Lipinski definition) is 10. The molecule has 0 spiro atoms. The second-order valence-corrected chi connectivity index (χ2v) is 10.2. The summed E-state index contributed by atoms with van der Waals surface area (Å²) in [5, 5.41) is 23.4. The number of carbonyl (C=O) groups is 1. The fraction of sp³-hybridized carbons (Fsp3) is 0.500. The number of rotatable bonds is 7. The molecule has 3 heterocycles. The van der Waals surface area contributed by atoms with Gasteiger partial charge in [-0.2, -0.15) is 15.0 Å². The monoisotopic (exact) mass is 466 g/mol. The van der Waals surface area contributed by atoms with Crippen LogP contribution < -0.4 is 21.3 Å². The molecule has 4 atom stereocenters. The Balaban J connectivity index is 1.26. The molecule has 2 aromatic heterocycles. The van der Waals surface area contributed by atoms with E-state index in [4.69, 9.17) is 0 Å². The highest BCUT2D eigenvalue weighted by Gasteiger charge is 2.39. The molecule has 0 amide bonds. The van der Waals surface area contributed by atoms with Crippen molar-refractivity contribution in [2.45, 2.75) is 44.2 Å². The van der Waals surface area contributed by atoms with Gasteiger partial charge in [-0.05, 0) is 62.3 Å².